The van der Waals surface area contributed by atoms with Crippen molar-refractivity contribution in [3.63, 3.8) is 0 Å². The smallest absolute Gasteiger partial charge is 0.338 e. The highest BCUT2D eigenvalue weighted by Gasteiger charge is 2.52. The van der Waals surface area contributed by atoms with Crippen LogP contribution in [-0.2, 0) is 23.8 Å². The lowest BCUT2D eigenvalue weighted by Gasteiger charge is -2.03. The summed E-state index contributed by atoms with van der Waals surface area (Å²) in [6, 6.07) is 0. The van der Waals surface area contributed by atoms with Gasteiger partial charge in [0.05, 0.1) is 13.2 Å². The fourth-order valence-electron chi connectivity index (χ4n) is 2.39. The van der Waals surface area contributed by atoms with E-state index in [9.17, 15) is 9.59 Å². The Morgan fingerprint density at radius 3 is 1.48 bits per heavy atom. The highest BCUT2D eigenvalue weighted by molar-refractivity contribution is 5.89. The lowest BCUT2D eigenvalue weighted by Crippen LogP contribution is -2.21. The molecule has 5 nitrogen and oxygen atoms in total. The van der Waals surface area contributed by atoms with E-state index < -0.39 is 24.1 Å². The summed E-state index contributed by atoms with van der Waals surface area (Å²) in [4.78, 5) is 23.4. The highest BCUT2D eigenvalue weighted by Crippen LogP contribution is 2.25. The summed E-state index contributed by atoms with van der Waals surface area (Å²) >= 11 is 0. The zero-order valence-corrected chi connectivity index (χ0v) is 14.7. The Morgan fingerprint density at radius 1 is 0.696 bits per heavy atom. The van der Waals surface area contributed by atoms with E-state index >= 15 is 0 Å². The Hall–Kier alpha value is -1.10. The molecule has 0 unspecified atom stereocenters. The molecule has 0 aliphatic carbocycles. The lowest BCUT2D eigenvalue weighted by atomic mass is 10.2. The van der Waals surface area contributed by atoms with E-state index in [0.29, 0.717) is 13.2 Å². The van der Waals surface area contributed by atoms with Gasteiger partial charge in [-0.05, 0) is 12.8 Å². The molecule has 0 aromatic rings. The minimum absolute atomic E-state index is 0.404. The third kappa shape index (κ3) is 8.94. The molecule has 134 valence electrons. The minimum atomic E-state index is -0.752. The second-order valence-electron chi connectivity index (χ2n) is 6.14. The van der Waals surface area contributed by atoms with Crippen LogP contribution in [0.2, 0.25) is 0 Å². The predicted octanol–water partition coefficient (Wildman–Crippen LogP) is 3.78. The first-order valence-corrected chi connectivity index (χ1v) is 9.19. The van der Waals surface area contributed by atoms with E-state index in [0.717, 1.165) is 25.7 Å². The van der Waals surface area contributed by atoms with Crippen LogP contribution in [0, 0.1) is 0 Å². The molecule has 1 rings (SSSR count). The van der Waals surface area contributed by atoms with Crippen LogP contribution in [-0.4, -0.2) is 37.4 Å². The molecule has 1 heterocycles. The van der Waals surface area contributed by atoms with Crippen molar-refractivity contribution < 1.29 is 23.8 Å². The molecule has 1 aliphatic heterocycles. The maximum absolute atomic E-state index is 11.7. The maximum Gasteiger partial charge on any atom is 0.338 e. The van der Waals surface area contributed by atoms with Crippen LogP contribution in [0.1, 0.15) is 78.1 Å². The van der Waals surface area contributed by atoms with Crippen LogP contribution in [0.4, 0.5) is 0 Å². The summed E-state index contributed by atoms with van der Waals surface area (Å²) in [6.45, 7) is 5.13. The van der Waals surface area contributed by atoms with Gasteiger partial charge in [0.25, 0.3) is 0 Å². The number of epoxide rings is 1. The van der Waals surface area contributed by atoms with Gasteiger partial charge in [-0.25, -0.2) is 9.59 Å². The van der Waals surface area contributed by atoms with E-state index in [4.69, 9.17) is 14.2 Å². The minimum Gasteiger partial charge on any atom is -0.464 e. The fourth-order valence-corrected chi connectivity index (χ4v) is 2.39. The van der Waals surface area contributed by atoms with Gasteiger partial charge in [0.2, 0.25) is 0 Å². The summed E-state index contributed by atoms with van der Waals surface area (Å²) in [7, 11) is 0. The third-order valence-electron chi connectivity index (χ3n) is 3.94. The van der Waals surface area contributed by atoms with E-state index in [1.54, 1.807) is 0 Å². The fraction of sp³-hybridized carbons (Fsp3) is 0.889. The van der Waals surface area contributed by atoms with Crippen LogP contribution in [0.3, 0.4) is 0 Å². The Kier molecular flexibility index (Phi) is 10.7. The van der Waals surface area contributed by atoms with Gasteiger partial charge in [-0.3, -0.25) is 0 Å². The summed E-state index contributed by atoms with van der Waals surface area (Å²) in [5, 5.41) is 0. The molecule has 0 N–H and O–H groups in total. The second kappa shape index (κ2) is 12.3. The molecular weight excluding hydrogens is 296 g/mol. The van der Waals surface area contributed by atoms with Gasteiger partial charge in [0.1, 0.15) is 0 Å². The molecule has 0 aromatic heterocycles. The van der Waals surface area contributed by atoms with Gasteiger partial charge in [-0.15, -0.1) is 0 Å². The zero-order chi connectivity index (χ0) is 16.9. The van der Waals surface area contributed by atoms with Crippen molar-refractivity contribution in [3.05, 3.63) is 0 Å². The summed E-state index contributed by atoms with van der Waals surface area (Å²) in [5.41, 5.74) is 0. The molecule has 0 amide bonds. The number of rotatable bonds is 14. The van der Waals surface area contributed by atoms with E-state index in [1.807, 2.05) is 0 Å². The first-order valence-electron chi connectivity index (χ1n) is 9.19. The number of hydrogen-bond donors (Lipinski definition) is 0. The van der Waals surface area contributed by atoms with Crippen LogP contribution in [0.25, 0.3) is 0 Å². The van der Waals surface area contributed by atoms with Gasteiger partial charge in [-0.2, -0.15) is 0 Å². The summed E-state index contributed by atoms with van der Waals surface area (Å²) < 4.78 is 15.3. The molecule has 1 saturated heterocycles. The first-order chi connectivity index (χ1) is 11.2. The van der Waals surface area contributed by atoms with Crippen molar-refractivity contribution in [1.29, 1.82) is 0 Å². The summed E-state index contributed by atoms with van der Waals surface area (Å²) in [5.74, 6) is -0.879. The van der Waals surface area contributed by atoms with Crippen molar-refractivity contribution >= 4 is 11.9 Å². The Labute approximate surface area is 140 Å². The average molecular weight is 328 g/mol. The summed E-state index contributed by atoms with van der Waals surface area (Å²) in [6.07, 6.45) is 9.51. The van der Waals surface area contributed by atoms with Crippen molar-refractivity contribution in [2.45, 2.75) is 90.3 Å². The molecule has 0 radical (unpaired) electrons. The molecule has 5 heteroatoms. The average Bonchev–Trinajstić information content (AvgIpc) is 3.34. The van der Waals surface area contributed by atoms with Gasteiger partial charge in [0, 0.05) is 0 Å². The predicted molar refractivity (Wildman–Crippen MR) is 88.1 cm³/mol. The van der Waals surface area contributed by atoms with Crippen LogP contribution in [0.15, 0.2) is 0 Å². The van der Waals surface area contributed by atoms with E-state index in [-0.39, 0.29) is 0 Å². The zero-order valence-electron chi connectivity index (χ0n) is 14.7. The number of hydrogen-bond acceptors (Lipinski definition) is 5. The normalized spacial score (nSPS) is 19.4. The van der Waals surface area contributed by atoms with Crippen molar-refractivity contribution in [3.8, 4) is 0 Å². The standard InChI is InChI=1S/C18H32O5/c1-3-5-7-9-11-13-21-17(19)15-16(23-15)18(20)22-14-12-10-8-6-4-2/h15-16H,3-14H2,1-2H3/t15-,16-/m0/s1. The monoisotopic (exact) mass is 328 g/mol. The van der Waals surface area contributed by atoms with Crippen LogP contribution < -0.4 is 0 Å². The number of carbonyl (C=O) groups excluding carboxylic acids is 2. The van der Waals surface area contributed by atoms with Gasteiger partial charge >= 0.3 is 11.9 Å². The lowest BCUT2D eigenvalue weighted by molar-refractivity contribution is -0.147. The first kappa shape index (κ1) is 19.9. The number of carbonyl (C=O) groups is 2. The van der Waals surface area contributed by atoms with Crippen molar-refractivity contribution in [1.82, 2.24) is 0 Å². The third-order valence-corrected chi connectivity index (χ3v) is 3.94. The quantitative estimate of drug-likeness (QED) is 0.276. The van der Waals surface area contributed by atoms with E-state index in [1.165, 1.54) is 38.5 Å². The molecule has 0 aromatic carbocycles. The Bertz CT molecular complexity index is 310. The molecule has 1 fully saturated rings. The van der Waals surface area contributed by atoms with Crippen LogP contribution in [0.5, 0.6) is 0 Å². The van der Waals surface area contributed by atoms with Crippen LogP contribution >= 0.6 is 0 Å². The Balaban J connectivity index is 1.99. The van der Waals surface area contributed by atoms with Gasteiger partial charge < -0.3 is 14.2 Å². The number of unbranched alkanes of at least 4 members (excludes halogenated alkanes) is 8. The molecule has 1 aliphatic rings. The molecule has 0 saturated carbocycles. The molecule has 23 heavy (non-hydrogen) atoms. The molecule has 0 bridgehead atoms. The highest BCUT2D eigenvalue weighted by atomic mass is 16.7. The topological polar surface area (TPSA) is 65.1 Å². The number of esters is 2. The largest absolute Gasteiger partial charge is 0.464 e. The van der Waals surface area contributed by atoms with E-state index in [2.05, 4.69) is 13.8 Å². The SMILES string of the molecule is CCCCCCCOC(=O)[C@H]1O[C@@H]1C(=O)OCCCCCCC. The molecular formula is C18H32O5. The maximum atomic E-state index is 11.7. The number of ether oxygens (including phenoxy) is 3. The second-order valence-corrected chi connectivity index (χ2v) is 6.14. The van der Waals surface area contributed by atoms with Gasteiger partial charge in [0.15, 0.2) is 12.2 Å². The Morgan fingerprint density at radius 2 is 1.09 bits per heavy atom. The van der Waals surface area contributed by atoms with Crippen molar-refractivity contribution in [2.75, 3.05) is 13.2 Å². The van der Waals surface area contributed by atoms with Crippen molar-refractivity contribution in [2.24, 2.45) is 0 Å². The molecule has 2 atom stereocenters. The molecule has 0 spiro atoms. The van der Waals surface area contributed by atoms with Gasteiger partial charge in [-0.1, -0.05) is 65.2 Å².